The molecule has 1 aromatic rings. The van der Waals surface area contributed by atoms with Gasteiger partial charge in [-0.2, -0.15) is 8.78 Å². The Balaban J connectivity index is 3.25. The van der Waals surface area contributed by atoms with Crippen LogP contribution in [0.3, 0.4) is 0 Å². The lowest BCUT2D eigenvalue weighted by molar-refractivity contribution is -0.00222. The van der Waals surface area contributed by atoms with Gasteiger partial charge in [0.15, 0.2) is 11.5 Å². The Labute approximate surface area is 107 Å². The molecule has 0 fully saturated rings. The van der Waals surface area contributed by atoms with Gasteiger partial charge >= 0.3 is 0 Å². The van der Waals surface area contributed by atoms with Crippen LogP contribution >= 0.6 is 15.9 Å². The van der Waals surface area contributed by atoms with E-state index in [1.165, 1.54) is 33.4 Å². The number of benzene rings is 1. The number of methoxy groups -OCH3 is 2. The van der Waals surface area contributed by atoms with E-state index in [2.05, 4.69) is 21.2 Å². The van der Waals surface area contributed by atoms with Crippen molar-refractivity contribution in [3.8, 4) is 11.5 Å². The van der Waals surface area contributed by atoms with Gasteiger partial charge in [0.25, 0.3) is 5.92 Å². The molecule has 0 unspecified atom stereocenters. The van der Waals surface area contributed by atoms with Crippen LogP contribution < -0.4 is 14.8 Å². The van der Waals surface area contributed by atoms with Crippen molar-refractivity contribution in [3.05, 3.63) is 22.2 Å². The van der Waals surface area contributed by atoms with Crippen molar-refractivity contribution >= 4 is 15.9 Å². The molecule has 6 heteroatoms. The number of hydrogen-bond acceptors (Lipinski definition) is 3. The third-order valence-corrected chi connectivity index (χ3v) is 2.92. The predicted octanol–water partition coefficient (Wildman–Crippen LogP) is 2.78. The molecule has 1 N–H and O–H groups in total. The van der Waals surface area contributed by atoms with E-state index in [0.29, 0.717) is 5.75 Å². The maximum absolute atomic E-state index is 13.8. The molecule has 0 saturated heterocycles. The van der Waals surface area contributed by atoms with Crippen LogP contribution in [0, 0.1) is 0 Å². The summed E-state index contributed by atoms with van der Waals surface area (Å²) in [5.41, 5.74) is -0.135. The summed E-state index contributed by atoms with van der Waals surface area (Å²) in [6.45, 7) is -0.443. The summed E-state index contributed by atoms with van der Waals surface area (Å²) in [5, 5.41) is 2.46. The van der Waals surface area contributed by atoms with Gasteiger partial charge in [0.1, 0.15) is 0 Å². The van der Waals surface area contributed by atoms with Crippen molar-refractivity contribution in [2.75, 3.05) is 27.8 Å². The number of likely N-dealkylation sites (N-methyl/N-ethyl adjacent to an activating group) is 1. The van der Waals surface area contributed by atoms with Crippen molar-refractivity contribution in [1.82, 2.24) is 5.32 Å². The van der Waals surface area contributed by atoms with E-state index in [-0.39, 0.29) is 15.8 Å². The monoisotopic (exact) mass is 309 g/mol. The molecular formula is C11H14BrF2NO2. The second-order valence-corrected chi connectivity index (χ2v) is 4.28. The molecular weight excluding hydrogens is 296 g/mol. The molecule has 0 aliphatic rings. The van der Waals surface area contributed by atoms with Gasteiger partial charge in [-0.3, -0.25) is 0 Å². The maximum atomic E-state index is 13.8. The Morgan fingerprint density at radius 2 is 1.76 bits per heavy atom. The minimum atomic E-state index is -2.98. The van der Waals surface area contributed by atoms with E-state index < -0.39 is 12.5 Å². The highest BCUT2D eigenvalue weighted by atomic mass is 79.9. The zero-order valence-corrected chi connectivity index (χ0v) is 11.4. The molecule has 0 heterocycles. The molecule has 0 aromatic heterocycles. The third kappa shape index (κ3) is 3.07. The van der Waals surface area contributed by atoms with Crippen LogP contribution in [0.25, 0.3) is 0 Å². The number of hydrogen-bond donors (Lipinski definition) is 1. The summed E-state index contributed by atoms with van der Waals surface area (Å²) in [6, 6.07) is 2.75. The summed E-state index contributed by atoms with van der Waals surface area (Å²) in [6.07, 6.45) is 0. The standard InChI is InChI=1S/C11H14BrF2NO2/c1-15-6-11(13,14)7-4-9(16-2)10(17-3)5-8(7)12/h4-5,15H,6H2,1-3H3. The minimum Gasteiger partial charge on any atom is -0.493 e. The van der Waals surface area contributed by atoms with Crippen LogP contribution in [0.5, 0.6) is 11.5 Å². The van der Waals surface area contributed by atoms with Crippen molar-refractivity contribution in [2.24, 2.45) is 0 Å². The number of alkyl halides is 2. The quantitative estimate of drug-likeness (QED) is 0.907. The molecule has 1 aromatic carbocycles. The highest BCUT2D eigenvalue weighted by Crippen LogP contribution is 2.40. The molecule has 0 bridgehead atoms. The van der Waals surface area contributed by atoms with Gasteiger partial charge in [-0.25, -0.2) is 0 Å². The average molecular weight is 310 g/mol. The van der Waals surface area contributed by atoms with Crippen LogP contribution in [0.4, 0.5) is 8.78 Å². The lowest BCUT2D eigenvalue weighted by atomic mass is 10.1. The van der Waals surface area contributed by atoms with E-state index in [1.54, 1.807) is 0 Å². The molecule has 1 rings (SSSR count). The summed E-state index contributed by atoms with van der Waals surface area (Å²) in [7, 11) is 4.34. The second-order valence-electron chi connectivity index (χ2n) is 3.42. The van der Waals surface area contributed by atoms with Gasteiger partial charge in [0.2, 0.25) is 0 Å². The Morgan fingerprint density at radius 1 is 1.24 bits per heavy atom. The fraction of sp³-hybridized carbons (Fsp3) is 0.455. The molecule has 0 radical (unpaired) electrons. The highest BCUT2D eigenvalue weighted by molar-refractivity contribution is 9.10. The Morgan fingerprint density at radius 3 is 2.24 bits per heavy atom. The first-order chi connectivity index (χ1) is 7.96. The number of rotatable bonds is 5. The third-order valence-electron chi connectivity index (χ3n) is 2.27. The molecule has 0 saturated carbocycles. The first kappa shape index (κ1) is 14.2. The van der Waals surface area contributed by atoms with Gasteiger partial charge in [-0.1, -0.05) is 15.9 Å². The largest absolute Gasteiger partial charge is 0.493 e. The zero-order chi connectivity index (χ0) is 13.1. The van der Waals surface area contributed by atoms with Crippen LogP contribution in [0.1, 0.15) is 5.56 Å². The summed E-state index contributed by atoms with van der Waals surface area (Å²) >= 11 is 3.11. The highest BCUT2D eigenvalue weighted by Gasteiger charge is 2.34. The summed E-state index contributed by atoms with van der Waals surface area (Å²) < 4.78 is 37.9. The summed E-state index contributed by atoms with van der Waals surface area (Å²) in [4.78, 5) is 0. The second kappa shape index (κ2) is 5.64. The molecule has 0 aliphatic heterocycles. The average Bonchev–Trinajstić information content (AvgIpc) is 2.28. The van der Waals surface area contributed by atoms with Crippen molar-refractivity contribution < 1.29 is 18.3 Å². The lowest BCUT2D eigenvalue weighted by Crippen LogP contribution is -2.28. The lowest BCUT2D eigenvalue weighted by Gasteiger charge is -2.19. The van der Waals surface area contributed by atoms with Gasteiger partial charge in [0, 0.05) is 10.0 Å². The molecule has 17 heavy (non-hydrogen) atoms. The fourth-order valence-corrected chi connectivity index (χ4v) is 2.06. The van der Waals surface area contributed by atoms with Crippen molar-refractivity contribution in [1.29, 1.82) is 0 Å². The van der Waals surface area contributed by atoms with Crippen LogP contribution in [-0.2, 0) is 5.92 Å². The van der Waals surface area contributed by atoms with Crippen molar-refractivity contribution in [3.63, 3.8) is 0 Å². The van der Waals surface area contributed by atoms with E-state index in [1.807, 2.05) is 0 Å². The zero-order valence-electron chi connectivity index (χ0n) is 9.81. The fourth-order valence-electron chi connectivity index (χ4n) is 1.45. The van der Waals surface area contributed by atoms with Gasteiger partial charge < -0.3 is 14.8 Å². The van der Waals surface area contributed by atoms with Gasteiger partial charge in [0.05, 0.1) is 20.8 Å². The SMILES string of the molecule is CNCC(F)(F)c1cc(OC)c(OC)cc1Br. The van der Waals surface area contributed by atoms with Crippen LogP contribution in [-0.4, -0.2) is 27.8 Å². The normalized spacial score (nSPS) is 11.4. The number of halogens is 3. The Kier molecular flexibility index (Phi) is 4.70. The Hall–Kier alpha value is -0.880. The molecule has 0 atom stereocenters. The molecule has 0 amide bonds. The maximum Gasteiger partial charge on any atom is 0.286 e. The van der Waals surface area contributed by atoms with E-state index in [4.69, 9.17) is 9.47 Å². The van der Waals surface area contributed by atoms with E-state index in [9.17, 15) is 8.78 Å². The van der Waals surface area contributed by atoms with E-state index in [0.717, 1.165) is 0 Å². The molecule has 3 nitrogen and oxygen atoms in total. The predicted molar refractivity (Wildman–Crippen MR) is 65.1 cm³/mol. The van der Waals surface area contributed by atoms with Gasteiger partial charge in [-0.05, 0) is 19.2 Å². The van der Waals surface area contributed by atoms with Crippen LogP contribution in [0.2, 0.25) is 0 Å². The number of ether oxygens (including phenoxy) is 2. The first-order valence-corrected chi connectivity index (χ1v) is 5.70. The Bertz CT molecular complexity index is 399. The minimum absolute atomic E-state index is 0.135. The topological polar surface area (TPSA) is 30.5 Å². The van der Waals surface area contributed by atoms with Crippen molar-refractivity contribution in [2.45, 2.75) is 5.92 Å². The smallest absolute Gasteiger partial charge is 0.286 e. The van der Waals surface area contributed by atoms with Gasteiger partial charge in [-0.15, -0.1) is 0 Å². The van der Waals surface area contributed by atoms with Crippen LogP contribution in [0.15, 0.2) is 16.6 Å². The molecule has 0 spiro atoms. The first-order valence-electron chi connectivity index (χ1n) is 4.90. The number of nitrogens with one attached hydrogen (secondary N) is 1. The summed E-state index contributed by atoms with van der Waals surface area (Å²) in [5.74, 6) is -2.29. The molecule has 96 valence electrons. The van der Waals surface area contributed by atoms with E-state index >= 15 is 0 Å². The molecule has 0 aliphatic carbocycles.